The van der Waals surface area contributed by atoms with E-state index in [1.54, 1.807) is 0 Å². The Hall–Kier alpha value is -0.760. The van der Waals surface area contributed by atoms with Crippen LogP contribution in [-0.2, 0) is 0 Å². The summed E-state index contributed by atoms with van der Waals surface area (Å²) in [6.45, 7) is 2.18. The number of aromatic nitrogens is 1. The van der Waals surface area contributed by atoms with Crippen molar-refractivity contribution >= 4 is 17.8 Å². The largest absolute Gasteiger partial charge is 0.265 e. The fraction of sp³-hybridized carbons (Fsp3) is 0.300. The smallest absolute Gasteiger partial charge is 0.0273 e. The van der Waals surface area contributed by atoms with Crippen molar-refractivity contribution in [2.45, 2.75) is 12.2 Å². The second-order valence-electron chi connectivity index (χ2n) is 2.58. The molecule has 2 heteroatoms. The molecule has 1 nitrogen and oxygen atoms in total. The lowest BCUT2D eigenvalue weighted by Crippen LogP contribution is -1.86. The Morgan fingerprint density at radius 3 is 2.67 bits per heavy atom. The molecule has 12 heavy (non-hydrogen) atoms. The van der Waals surface area contributed by atoms with Gasteiger partial charge >= 0.3 is 0 Å². The lowest BCUT2D eigenvalue weighted by atomic mass is 10.2. The Morgan fingerprint density at radius 2 is 2.08 bits per heavy atom. The molecule has 0 amide bonds. The number of thioether (sulfide) groups is 1. The molecular weight excluding hydrogens is 166 g/mol. The molecule has 0 saturated heterocycles. The van der Waals surface area contributed by atoms with E-state index in [4.69, 9.17) is 0 Å². The average Bonchev–Trinajstić information content (AvgIpc) is 2.16. The van der Waals surface area contributed by atoms with Gasteiger partial charge in [0.15, 0.2) is 0 Å². The van der Waals surface area contributed by atoms with Gasteiger partial charge < -0.3 is 0 Å². The van der Waals surface area contributed by atoms with E-state index in [2.05, 4.69) is 30.3 Å². The summed E-state index contributed by atoms with van der Waals surface area (Å²) in [4.78, 5) is 3.95. The average molecular weight is 179 g/mol. The maximum atomic E-state index is 3.95. The van der Waals surface area contributed by atoms with Gasteiger partial charge in [-0.3, -0.25) is 4.98 Å². The van der Waals surface area contributed by atoms with E-state index in [1.165, 1.54) is 5.56 Å². The zero-order valence-electron chi connectivity index (χ0n) is 7.40. The monoisotopic (exact) mass is 179 g/mol. The third-order valence-corrected chi connectivity index (χ3v) is 2.54. The quantitative estimate of drug-likeness (QED) is 0.707. The molecule has 0 aromatic carbocycles. The first-order valence-electron chi connectivity index (χ1n) is 3.94. The Balaban J connectivity index is 2.58. The van der Waals surface area contributed by atoms with Crippen molar-refractivity contribution in [3.63, 3.8) is 0 Å². The van der Waals surface area contributed by atoms with E-state index < -0.39 is 0 Å². The first-order chi connectivity index (χ1) is 5.83. The number of rotatable bonds is 3. The van der Waals surface area contributed by atoms with Crippen LogP contribution in [0, 0.1) is 0 Å². The topological polar surface area (TPSA) is 12.9 Å². The second-order valence-corrected chi connectivity index (χ2v) is 3.80. The normalized spacial score (nSPS) is 13.5. The minimum absolute atomic E-state index is 0.582. The first-order valence-corrected chi connectivity index (χ1v) is 5.22. The van der Waals surface area contributed by atoms with E-state index >= 15 is 0 Å². The van der Waals surface area contributed by atoms with Gasteiger partial charge in [-0.15, -0.1) is 0 Å². The number of pyridine rings is 1. The summed E-state index contributed by atoms with van der Waals surface area (Å²) < 4.78 is 0. The van der Waals surface area contributed by atoms with Crippen LogP contribution in [-0.4, -0.2) is 16.5 Å². The van der Waals surface area contributed by atoms with Crippen LogP contribution in [0.15, 0.2) is 30.6 Å². The standard InChI is InChI=1S/C10H13NS/c1-9(12-2)3-4-10-5-7-11-8-6-10/h3-9H,1-2H3/b4-3+. The van der Waals surface area contributed by atoms with Gasteiger partial charge in [0.1, 0.15) is 0 Å². The van der Waals surface area contributed by atoms with Crippen LogP contribution in [0.25, 0.3) is 6.08 Å². The highest BCUT2D eigenvalue weighted by Crippen LogP contribution is 2.08. The van der Waals surface area contributed by atoms with Gasteiger partial charge in [0.05, 0.1) is 0 Å². The third-order valence-electron chi connectivity index (χ3n) is 1.64. The van der Waals surface area contributed by atoms with Crippen LogP contribution >= 0.6 is 11.8 Å². The van der Waals surface area contributed by atoms with Gasteiger partial charge in [0, 0.05) is 17.6 Å². The Morgan fingerprint density at radius 1 is 1.42 bits per heavy atom. The second kappa shape index (κ2) is 4.99. The van der Waals surface area contributed by atoms with Gasteiger partial charge in [-0.25, -0.2) is 0 Å². The Labute approximate surface area is 77.9 Å². The SMILES string of the molecule is CSC(C)/C=C/c1ccncc1. The molecular formula is C10H13NS. The maximum absolute atomic E-state index is 3.95. The zero-order chi connectivity index (χ0) is 8.81. The molecule has 1 heterocycles. The Kier molecular flexibility index (Phi) is 3.88. The first kappa shape index (κ1) is 9.33. The zero-order valence-corrected chi connectivity index (χ0v) is 8.21. The van der Waals surface area contributed by atoms with E-state index in [-0.39, 0.29) is 0 Å². The van der Waals surface area contributed by atoms with Crippen molar-refractivity contribution in [3.05, 3.63) is 36.2 Å². The summed E-state index contributed by atoms with van der Waals surface area (Å²) in [6, 6.07) is 4.01. The molecule has 1 rings (SSSR count). The van der Waals surface area contributed by atoms with E-state index in [9.17, 15) is 0 Å². The highest BCUT2D eigenvalue weighted by molar-refractivity contribution is 7.99. The molecule has 64 valence electrons. The minimum atomic E-state index is 0.582. The maximum Gasteiger partial charge on any atom is 0.0273 e. The molecule has 0 N–H and O–H groups in total. The third kappa shape index (κ3) is 3.09. The number of nitrogens with zero attached hydrogens (tertiary/aromatic N) is 1. The van der Waals surface area contributed by atoms with E-state index in [0.717, 1.165) is 0 Å². The van der Waals surface area contributed by atoms with Gasteiger partial charge in [-0.1, -0.05) is 12.2 Å². The summed E-state index contributed by atoms with van der Waals surface area (Å²) in [7, 11) is 0. The van der Waals surface area contributed by atoms with Crippen molar-refractivity contribution in [3.8, 4) is 0 Å². The van der Waals surface area contributed by atoms with Gasteiger partial charge in [0.25, 0.3) is 0 Å². The molecule has 0 aliphatic rings. The van der Waals surface area contributed by atoms with Crippen LogP contribution < -0.4 is 0 Å². The predicted molar refractivity (Wildman–Crippen MR) is 56.2 cm³/mol. The van der Waals surface area contributed by atoms with E-state index in [0.29, 0.717) is 5.25 Å². The van der Waals surface area contributed by atoms with Crippen molar-refractivity contribution in [1.29, 1.82) is 0 Å². The van der Waals surface area contributed by atoms with Crippen LogP contribution in [0.4, 0.5) is 0 Å². The van der Waals surface area contributed by atoms with Crippen LogP contribution in [0.3, 0.4) is 0 Å². The molecule has 1 unspecified atom stereocenters. The lowest BCUT2D eigenvalue weighted by molar-refractivity contribution is 1.26. The van der Waals surface area contributed by atoms with Crippen LogP contribution in [0.5, 0.6) is 0 Å². The van der Waals surface area contributed by atoms with Gasteiger partial charge in [-0.05, 0) is 30.9 Å². The molecule has 0 bridgehead atoms. The molecule has 1 aromatic heterocycles. The molecule has 1 atom stereocenters. The fourth-order valence-corrected chi connectivity index (χ4v) is 1.04. The van der Waals surface area contributed by atoms with Crippen LogP contribution in [0.2, 0.25) is 0 Å². The highest BCUT2D eigenvalue weighted by Gasteiger charge is 1.90. The molecule has 0 radical (unpaired) electrons. The fourth-order valence-electron chi connectivity index (χ4n) is 0.800. The van der Waals surface area contributed by atoms with Crippen molar-refractivity contribution < 1.29 is 0 Å². The van der Waals surface area contributed by atoms with Crippen molar-refractivity contribution in [1.82, 2.24) is 4.98 Å². The summed E-state index contributed by atoms with van der Waals surface area (Å²) in [5.41, 5.74) is 1.21. The Bertz CT molecular complexity index is 243. The van der Waals surface area contributed by atoms with Gasteiger partial charge in [-0.2, -0.15) is 11.8 Å². The summed E-state index contributed by atoms with van der Waals surface area (Å²) in [6.07, 6.45) is 10.1. The molecule has 0 aliphatic heterocycles. The van der Waals surface area contributed by atoms with Gasteiger partial charge in [0.2, 0.25) is 0 Å². The number of hydrogen-bond donors (Lipinski definition) is 0. The number of hydrogen-bond acceptors (Lipinski definition) is 2. The molecule has 0 spiro atoms. The summed E-state index contributed by atoms with van der Waals surface area (Å²) >= 11 is 1.84. The predicted octanol–water partition coefficient (Wildman–Crippen LogP) is 2.85. The minimum Gasteiger partial charge on any atom is -0.265 e. The van der Waals surface area contributed by atoms with Crippen molar-refractivity contribution in [2.75, 3.05) is 6.26 Å². The molecule has 1 aromatic rings. The summed E-state index contributed by atoms with van der Waals surface area (Å²) in [5.74, 6) is 0. The molecule has 0 aliphatic carbocycles. The highest BCUT2D eigenvalue weighted by atomic mass is 32.2. The molecule has 0 saturated carbocycles. The van der Waals surface area contributed by atoms with Crippen LogP contribution in [0.1, 0.15) is 12.5 Å². The van der Waals surface area contributed by atoms with E-state index in [1.807, 2.05) is 36.3 Å². The van der Waals surface area contributed by atoms with Crippen molar-refractivity contribution in [2.24, 2.45) is 0 Å². The molecule has 0 fully saturated rings. The lowest BCUT2D eigenvalue weighted by Gasteiger charge is -1.98. The summed E-state index contributed by atoms with van der Waals surface area (Å²) in [5, 5.41) is 0.582.